The van der Waals surface area contributed by atoms with E-state index < -0.39 is 21.8 Å². The quantitative estimate of drug-likeness (QED) is 0.669. The summed E-state index contributed by atoms with van der Waals surface area (Å²) in [6, 6.07) is 8.93. The van der Waals surface area contributed by atoms with Gasteiger partial charge in [0.2, 0.25) is 11.8 Å². The van der Waals surface area contributed by atoms with Gasteiger partial charge in [-0.2, -0.15) is 0 Å². The maximum atomic E-state index is 12.6. The molecular weight excluding hydrogens is 352 g/mol. The topological polar surface area (TPSA) is 83.6 Å². The number of carbonyl (C=O) groups excluding carboxylic acids is 2. The van der Waals surface area contributed by atoms with Crippen molar-refractivity contribution in [2.24, 2.45) is 11.8 Å². The lowest BCUT2D eigenvalue weighted by Crippen LogP contribution is -2.45. The Hall–Kier alpha value is -2.15. The van der Waals surface area contributed by atoms with E-state index in [2.05, 4.69) is 0 Å². The predicted octanol–water partition coefficient (Wildman–Crippen LogP) is 2.39. The Labute approximate surface area is 155 Å². The fourth-order valence-electron chi connectivity index (χ4n) is 2.74. The van der Waals surface area contributed by atoms with Gasteiger partial charge in [-0.3, -0.25) is 9.59 Å². The molecule has 7 heteroatoms. The van der Waals surface area contributed by atoms with Crippen LogP contribution in [0.2, 0.25) is 0 Å². The molecule has 0 radical (unpaired) electrons. The van der Waals surface area contributed by atoms with Gasteiger partial charge in [0.15, 0.2) is 0 Å². The number of hydrogen-bond donors (Lipinski definition) is 1. The summed E-state index contributed by atoms with van der Waals surface area (Å²) in [7, 11) is -3.96. The number of carbonyl (C=O) groups is 2. The first-order valence-corrected chi connectivity index (χ1v) is 10.5. The van der Waals surface area contributed by atoms with Crippen LogP contribution in [0, 0.1) is 11.8 Å². The molecule has 2 rings (SSSR count). The third kappa shape index (κ3) is 5.98. The smallest absolute Gasteiger partial charge is 0.257 e. The van der Waals surface area contributed by atoms with E-state index in [1.54, 1.807) is 29.2 Å². The normalized spacial score (nSPS) is 15.6. The Balaban J connectivity index is 2.09. The van der Waals surface area contributed by atoms with Crippen LogP contribution in [-0.2, 0) is 19.6 Å². The van der Waals surface area contributed by atoms with E-state index in [0.717, 1.165) is 18.2 Å². The minimum Gasteiger partial charge on any atom is -0.343 e. The number of nitrogens with one attached hydrogen (secondary N) is 1. The van der Waals surface area contributed by atoms with Crippen LogP contribution in [0.4, 0.5) is 0 Å². The molecule has 0 aliphatic heterocycles. The maximum Gasteiger partial charge on any atom is 0.257 e. The third-order valence-corrected chi connectivity index (χ3v) is 5.42. The highest BCUT2D eigenvalue weighted by Gasteiger charge is 2.36. The Morgan fingerprint density at radius 2 is 1.81 bits per heavy atom. The minimum atomic E-state index is -3.96. The molecule has 0 heterocycles. The molecule has 1 saturated carbocycles. The molecule has 142 valence electrons. The van der Waals surface area contributed by atoms with Crippen molar-refractivity contribution in [2.75, 3.05) is 13.1 Å². The molecule has 0 saturated heterocycles. The average molecular weight is 378 g/mol. The SMILES string of the molecule is CCN(CC)C(=O)C(CC1CC1)C(=O)NS(=O)(=O)C=Cc1ccccc1. The molecule has 0 aromatic heterocycles. The second-order valence-corrected chi connectivity index (χ2v) is 8.03. The monoisotopic (exact) mass is 378 g/mol. The van der Waals surface area contributed by atoms with Crippen molar-refractivity contribution in [3.8, 4) is 0 Å². The highest BCUT2D eigenvalue weighted by molar-refractivity contribution is 7.93. The van der Waals surface area contributed by atoms with Crippen LogP contribution in [0.5, 0.6) is 0 Å². The molecule has 1 fully saturated rings. The second-order valence-electron chi connectivity index (χ2n) is 6.47. The van der Waals surface area contributed by atoms with Gasteiger partial charge < -0.3 is 4.90 Å². The summed E-state index contributed by atoms with van der Waals surface area (Å²) in [6.07, 6.45) is 3.78. The highest BCUT2D eigenvalue weighted by Crippen LogP contribution is 2.36. The Bertz CT molecular complexity index is 751. The summed E-state index contributed by atoms with van der Waals surface area (Å²) in [4.78, 5) is 26.7. The lowest BCUT2D eigenvalue weighted by molar-refractivity contribution is -0.141. The van der Waals surface area contributed by atoms with E-state index in [1.165, 1.54) is 6.08 Å². The zero-order valence-corrected chi connectivity index (χ0v) is 16.0. The van der Waals surface area contributed by atoms with Crippen LogP contribution in [0.15, 0.2) is 35.7 Å². The van der Waals surface area contributed by atoms with Crippen molar-refractivity contribution in [3.63, 3.8) is 0 Å². The first kappa shape index (κ1) is 20.2. The van der Waals surface area contributed by atoms with Gasteiger partial charge in [0.05, 0.1) is 5.41 Å². The number of rotatable bonds is 9. The molecule has 1 aliphatic rings. The maximum absolute atomic E-state index is 12.6. The van der Waals surface area contributed by atoms with Crippen molar-refractivity contribution >= 4 is 27.9 Å². The van der Waals surface area contributed by atoms with Gasteiger partial charge in [0.25, 0.3) is 10.0 Å². The summed E-state index contributed by atoms with van der Waals surface area (Å²) in [5.41, 5.74) is 0.707. The number of nitrogens with zero attached hydrogens (tertiary/aromatic N) is 1. The van der Waals surface area contributed by atoms with Crippen LogP contribution >= 0.6 is 0 Å². The number of hydrogen-bond acceptors (Lipinski definition) is 4. The zero-order valence-electron chi connectivity index (χ0n) is 15.2. The van der Waals surface area contributed by atoms with Crippen molar-refractivity contribution in [1.29, 1.82) is 0 Å². The molecule has 1 aromatic carbocycles. The predicted molar refractivity (Wildman–Crippen MR) is 101 cm³/mol. The van der Waals surface area contributed by atoms with Crippen LogP contribution < -0.4 is 4.72 Å². The Kier molecular flexibility index (Phi) is 6.97. The lowest BCUT2D eigenvalue weighted by Gasteiger charge is -2.24. The molecule has 2 amide bonds. The van der Waals surface area contributed by atoms with E-state index in [1.807, 2.05) is 24.6 Å². The molecule has 0 bridgehead atoms. The van der Waals surface area contributed by atoms with E-state index in [-0.39, 0.29) is 5.91 Å². The highest BCUT2D eigenvalue weighted by atomic mass is 32.2. The molecule has 26 heavy (non-hydrogen) atoms. The van der Waals surface area contributed by atoms with Gasteiger partial charge >= 0.3 is 0 Å². The summed E-state index contributed by atoms with van der Waals surface area (Å²) in [6.45, 7) is 4.66. The van der Waals surface area contributed by atoms with Crippen molar-refractivity contribution in [1.82, 2.24) is 9.62 Å². The van der Waals surface area contributed by atoms with Crippen molar-refractivity contribution in [2.45, 2.75) is 33.1 Å². The summed E-state index contributed by atoms with van der Waals surface area (Å²) >= 11 is 0. The lowest BCUT2D eigenvalue weighted by atomic mass is 10.00. The fraction of sp³-hybridized carbons (Fsp3) is 0.474. The number of benzene rings is 1. The molecule has 1 N–H and O–H groups in total. The molecular formula is C19H26N2O4S. The molecule has 1 aliphatic carbocycles. The van der Waals surface area contributed by atoms with E-state index in [0.29, 0.717) is 31.0 Å². The standard InChI is InChI=1S/C19H26N2O4S/c1-3-21(4-2)19(23)17(14-16-10-11-16)18(22)20-26(24,25)13-12-15-8-6-5-7-9-15/h5-9,12-13,16-17H,3-4,10-11,14H2,1-2H3,(H,20,22). The van der Waals surface area contributed by atoms with E-state index >= 15 is 0 Å². The second kappa shape index (κ2) is 8.98. The molecule has 0 spiro atoms. The fourth-order valence-corrected chi connectivity index (χ4v) is 3.57. The van der Waals surface area contributed by atoms with Crippen LogP contribution in [0.1, 0.15) is 38.7 Å². The zero-order chi connectivity index (χ0) is 19.2. The molecule has 1 unspecified atom stereocenters. The largest absolute Gasteiger partial charge is 0.343 e. The van der Waals surface area contributed by atoms with Crippen LogP contribution in [0.25, 0.3) is 6.08 Å². The Morgan fingerprint density at radius 3 is 2.35 bits per heavy atom. The van der Waals surface area contributed by atoms with Crippen LogP contribution in [0.3, 0.4) is 0 Å². The van der Waals surface area contributed by atoms with Gasteiger partial charge in [0.1, 0.15) is 5.92 Å². The number of sulfonamides is 1. The molecule has 6 nitrogen and oxygen atoms in total. The third-order valence-electron chi connectivity index (χ3n) is 4.44. The summed E-state index contributed by atoms with van der Waals surface area (Å²) < 4.78 is 26.5. The summed E-state index contributed by atoms with van der Waals surface area (Å²) in [5, 5.41) is 0.955. The van der Waals surface area contributed by atoms with Gasteiger partial charge in [-0.05, 0) is 37.8 Å². The van der Waals surface area contributed by atoms with Crippen molar-refractivity contribution < 1.29 is 18.0 Å². The molecule has 1 aromatic rings. The first-order valence-electron chi connectivity index (χ1n) is 8.94. The molecule has 1 atom stereocenters. The Morgan fingerprint density at radius 1 is 1.19 bits per heavy atom. The number of amides is 2. The van der Waals surface area contributed by atoms with Crippen molar-refractivity contribution in [3.05, 3.63) is 41.3 Å². The van der Waals surface area contributed by atoms with Gasteiger partial charge in [-0.1, -0.05) is 43.2 Å². The first-order chi connectivity index (χ1) is 12.4. The van der Waals surface area contributed by atoms with Crippen LogP contribution in [-0.4, -0.2) is 38.2 Å². The minimum absolute atomic E-state index is 0.304. The van der Waals surface area contributed by atoms with Gasteiger partial charge in [0, 0.05) is 13.1 Å². The van der Waals surface area contributed by atoms with E-state index in [9.17, 15) is 18.0 Å². The van der Waals surface area contributed by atoms with E-state index in [4.69, 9.17) is 0 Å². The summed E-state index contributed by atoms with van der Waals surface area (Å²) in [5.74, 6) is -1.68. The van der Waals surface area contributed by atoms with Gasteiger partial charge in [-0.25, -0.2) is 13.1 Å². The average Bonchev–Trinajstić information content (AvgIpc) is 3.43. The van der Waals surface area contributed by atoms with Gasteiger partial charge in [-0.15, -0.1) is 0 Å².